The molecule has 2 heterocycles. The van der Waals surface area contributed by atoms with Crippen LogP contribution in [0.3, 0.4) is 0 Å². The highest BCUT2D eigenvalue weighted by Gasteiger charge is 2.41. The monoisotopic (exact) mass is 456 g/mol. The first-order valence-electron chi connectivity index (χ1n) is 9.15. The summed E-state index contributed by atoms with van der Waals surface area (Å²) in [6.07, 6.45) is -10.3. The van der Waals surface area contributed by atoms with Crippen LogP contribution in [0, 0.1) is 11.3 Å². The van der Waals surface area contributed by atoms with Crippen molar-refractivity contribution in [2.75, 3.05) is 23.3 Å². The first-order chi connectivity index (χ1) is 14.9. The van der Waals surface area contributed by atoms with Gasteiger partial charge in [0.2, 0.25) is 5.91 Å². The Labute approximate surface area is 177 Å². The highest BCUT2D eigenvalue weighted by Crippen LogP contribution is 2.38. The summed E-state index contributed by atoms with van der Waals surface area (Å²) in [7, 11) is 0. The zero-order valence-corrected chi connectivity index (χ0v) is 16.1. The number of fused-ring (bicyclic) bond motifs is 1. The van der Waals surface area contributed by atoms with E-state index < -0.39 is 47.4 Å². The SMILES string of the molecule is N#Cc1c(C(F)(F)F)cc(C(F)(F)F)nc1NCC(=O)N1CCC(=O)Cc2ccccc21. The van der Waals surface area contributed by atoms with Gasteiger partial charge in [0.25, 0.3) is 0 Å². The fraction of sp³-hybridized carbons (Fsp3) is 0.300. The molecular weight excluding hydrogens is 442 g/mol. The molecule has 0 spiro atoms. The molecule has 0 atom stereocenters. The largest absolute Gasteiger partial charge is 0.433 e. The van der Waals surface area contributed by atoms with Crippen LogP contribution in [0.25, 0.3) is 0 Å². The van der Waals surface area contributed by atoms with Gasteiger partial charge in [0.05, 0.1) is 12.1 Å². The molecule has 1 aromatic heterocycles. The van der Waals surface area contributed by atoms with Gasteiger partial charge in [-0.3, -0.25) is 9.59 Å². The number of nitriles is 1. The number of aromatic nitrogens is 1. The molecule has 0 aliphatic carbocycles. The van der Waals surface area contributed by atoms with E-state index in [1.54, 1.807) is 24.3 Å². The van der Waals surface area contributed by atoms with Gasteiger partial charge in [-0.2, -0.15) is 31.6 Å². The molecule has 1 aromatic carbocycles. The van der Waals surface area contributed by atoms with Gasteiger partial charge in [-0.1, -0.05) is 18.2 Å². The topological polar surface area (TPSA) is 86.1 Å². The highest BCUT2D eigenvalue weighted by atomic mass is 19.4. The van der Waals surface area contributed by atoms with Crippen molar-refractivity contribution >= 4 is 23.2 Å². The third-order valence-corrected chi connectivity index (χ3v) is 4.72. The molecule has 1 aliphatic heterocycles. The van der Waals surface area contributed by atoms with Crippen LogP contribution in [-0.2, 0) is 28.4 Å². The van der Waals surface area contributed by atoms with E-state index in [1.807, 2.05) is 0 Å². The molecule has 2 aromatic rings. The van der Waals surface area contributed by atoms with E-state index >= 15 is 0 Å². The predicted molar refractivity (Wildman–Crippen MR) is 99.6 cm³/mol. The lowest BCUT2D eigenvalue weighted by molar-refractivity contribution is -0.145. The molecule has 0 saturated heterocycles. The third kappa shape index (κ3) is 4.82. The molecule has 3 rings (SSSR count). The number of pyridine rings is 1. The number of anilines is 2. The Hall–Kier alpha value is -3.62. The standard InChI is InChI=1S/C20H14F6N4O2/c21-19(22,23)14-8-16(20(24,25)26)29-18(13(14)9-27)28-10-17(32)30-6-5-12(31)7-11-3-1-2-4-15(11)30/h1-4,8H,5-7,10H2,(H,28,29). The minimum atomic E-state index is -5.25. The number of nitrogens with one attached hydrogen (secondary N) is 1. The number of benzene rings is 1. The summed E-state index contributed by atoms with van der Waals surface area (Å²) < 4.78 is 78.9. The zero-order valence-electron chi connectivity index (χ0n) is 16.1. The van der Waals surface area contributed by atoms with Crippen LogP contribution in [-0.4, -0.2) is 29.8 Å². The maximum absolute atomic E-state index is 13.2. The van der Waals surface area contributed by atoms with Crippen LogP contribution in [0.4, 0.5) is 37.8 Å². The van der Waals surface area contributed by atoms with Gasteiger partial charge in [0.15, 0.2) is 0 Å². The lowest BCUT2D eigenvalue weighted by Gasteiger charge is -2.23. The number of para-hydroxylation sites is 1. The Kier molecular flexibility index (Phi) is 6.11. The number of carbonyl (C=O) groups excluding carboxylic acids is 2. The number of nitrogens with zero attached hydrogens (tertiary/aromatic N) is 3. The van der Waals surface area contributed by atoms with Crippen LogP contribution in [0.5, 0.6) is 0 Å². The number of alkyl halides is 6. The Bertz CT molecular complexity index is 1100. The van der Waals surface area contributed by atoms with Gasteiger partial charge in [-0.15, -0.1) is 0 Å². The summed E-state index contributed by atoms with van der Waals surface area (Å²) in [5.74, 6) is -1.85. The van der Waals surface area contributed by atoms with E-state index in [-0.39, 0.29) is 31.2 Å². The zero-order chi connectivity index (χ0) is 23.7. The number of rotatable bonds is 3. The molecule has 0 bridgehead atoms. The normalized spacial score (nSPS) is 14.4. The summed E-state index contributed by atoms with van der Waals surface area (Å²) in [6.45, 7) is -0.756. The molecule has 0 unspecified atom stereocenters. The van der Waals surface area contributed by atoms with Gasteiger partial charge < -0.3 is 10.2 Å². The van der Waals surface area contributed by atoms with Crippen LogP contribution < -0.4 is 10.2 Å². The van der Waals surface area contributed by atoms with Crippen molar-refractivity contribution < 1.29 is 35.9 Å². The van der Waals surface area contributed by atoms with Gasteiger partial charge in [0.1, 0.15) is 28.9 Å². The molecule has 0 saturated carbocycles. The predicted octanol–water partition coefficient (Wildman–Crippen LogP) is 3.95. The number of hydrogen-bond donors (Lipinski definition) is 1. The van der Waals surface area contributed by atoms with Gasteiger partial charge >= 0.3 is 12.4 Å². The summed E-state index contributed by atoms with van der Waals surface area (Å²) in [5.41, 5.74) is -3.85. The second-order valence-electron chi connectivity index (χ2n) is 6.88. The average Bonchev–Trinajstić information content (AvgIpc) is 2.88. The van der Waals surface area contributed by atoms with Crippen molar-refractivity contribution in [2.45, 2.75) is 25.2 Å². The number of amides is 1. The Morgan fingerprint density at radius 3 is 2.47 bits per heavy atom. The van der Waals surface area contributed by atoms with Crippen molar-refractivity contribution in [3.8, 4) is 6.07 Å². The highest BCUT2D eigenvalue weighted by molar-refractivity contribution is 5.99. The first-order valence-corrected chi connectivity index (χ1v) is 9.15. The van der Waals surface area contributed by atoms with E-state index in [9.17, 15) is 35.9 Å². The van der Waals surface area contributed by atoms with Crippen molar-refractivity contribution in [3.63, 3.8) is 0 Å². The lowest BCUT2D eigenvalue weighted by atomic mass is 10.1. The van der Waals surface area contributed by atoms with E-state index in [0.717, 1.165) is 0 Å². The van der Waals surface area contributed by atoms with Gasteiger partial charge in [0, 0.05) is 25.1 Å². The van der Waals surface area contributed by atoms with Crippen molar-refractivity contribution in [1.29, 1.82) is 5.26 Å². The van der Waals surface area contributed by atoms with E-state index in [2.05, 4.69) is 10.3 Å². The van der Waals surface area contributed by atoms with Crippen LogP contribution in [0.2, 0.25) is 0 Å². The number of ketones is 1. The quantitative estimate of drug-likeness (QED) is 0.707. The Morgan fingerprint density at radius 2 is 1.84 bits per heavy atom. The molecule has 12 heteroatoms. The molecular formula is C20H14F6N4O2. The smallest absolute Gasteiger partial charge is 0.360 e. The van der Waals surface area contributed by atoms with Crippen LogP contribution in [0.1, 0.15) is 28.8 Å². The van der Waals surface area contributed by atoms with E-state index in [4.69, 9.17) is 5.26 Å². The fourth-order valence-corrected chi connectivity index (χ4v) is 3.25. The summed E-state index contributed by atoms with van der Waals surface area (Å²) in [4.78, 5) is 29.0. The molecule has 1 N–H and O–H groups in total. The second-order valence-corrected chi connectivity index (χ2v) is 6.88. The number of halogens is 6. The maximum atomic E-state index is 13.2. The van der Waals surface area contributed by atoms with Crippen molar-refractivity contribution in [2.24, 2.45) is 0 Å². The summed E-state index contributed by atoms with van der Waals surface area (Å²) >= 11 is 0. The molecule has 0 radical (unpaired) electrons. The summed E-state index contributed by atoms with van der Waals surface area (Å²) in [6, 6.07) is 7.47. The number of hydrogen-bond acceptors (Lipinski definition) is 5. The number of carbonyl (C=O) groups is 2. The Balaban J connectivity index is 1.94. The average molecular weight is 456 g/mol. The van der Waals surface area contributed by atoms with Crippen LogP contribution in [0.15, 0.2) is 30.3 Å². The van der Waals surface area contributed by atoms with Crippen LogP contribution >= 0.6 is 0 Å². The van der Waals surface area contributed by atoms with Crippen molar-refractivity contribution in [1.82, 2.24) is 4.98 Å². The first kappa shape index (κ1) is 23.1. The second kappa shape index (κ2) is 8.49. The molecule has 0 fully saturated rings. The molecule has 1 aliphatic rings. The minimum Gasteiger partial charge on any atom is -0.360 e. The number of Topliss-reactive ketones (excluding diaryl/α,β-unsaturated/α-hetero) is 1. The van der Waals surface area contributed by atoms with Gasteiger partial charge in [-0.25, -0.2) is 4.98 Å². The van der Waals surface area contributed by atoms with Gasteiger partial charge in [-0.05, 0) is 17.7 Å². The summed E-state index contributed by atoms with van der Waals surface area (Å²) in [5, 5.41) is 11.3. The van der Waals surface area contributed by atoms with Crippen molar-refractivity contribution in [3.05, 3.63) is 52.7 Å². The minimum absolute atomic E-state index is 0.00864. The van der Waals surface area contributed by atoms with E-state index in [0.29, 0.717) is 11.3 Å². The molecule has 168 valence electrons. The van der Waals surface area contributed by atoms with E-state index in [1.165, 1.54) is 11.0 Å². The lowest BCUT2D eigenvalue weighted by Crippen LogP contribution is -2.37. The molecule has 1 amide bonds. The molecule has 6 nitrogen and oxygen atoms in total. The third-order valence-electron chi connectivity index (χ3n) is 4.72. The fourth-order valence-electron chi connectivity index (χ4n) is 3.25. The molecule has 32 heavy (non-hydrogen) atoms. The Morgan fingerprint density at radius 1 is 1.16 bits per heavy atom. The maximum Gasteiger partial charge on any atom is 0.433 e.